The Bertz CT molecular complexity index is 344. The second-order valence-corrected chi connectivity index (χ2v) is 4.54. The standard InChI is InChI=1S/C13H20ClFN2/c1-2-3-8-17(9-7-16)10-11-5-4-6-12(14)13(11)15/h4-6H,2-3,7-10,16H2,1H3. The van der Waals surface area contributed by atoms with E-state index in [0.717, 1.165) is 25.9 Å². The topological polar surface area (TPSA) is 29.3 Å². The molecular weight excluding hydrogens is 239 g/mol. The Labute approximate surface area is 108 Å². The molecule has 96 valence electrons. The zero-order valence-electron chi connectivity index (χ0n) is 10.3. The van der Waals surface area contributed by atoms with E-state index in [1.807, 2.05) is 0 Å². The summed E-state index contributed by atoms with van der Waals surface area (Å²) in [5.74, 6) is -0.312. The number of nitrogens with two attached hydrogens (primary N) is 1. The third-order valence-electron chi connectivity index (χ3n) is 2.70. The molecule has 0 aliphatic carbocycles. The van der Waals surface area contributed by atoms with Crippen molar-refractivity contribution in [1.29, 1.82) is 0 Å². The molecule has 0 atom stereocenters. The highest BCUT2D eigenvalue weighted by Gasteiger charge is 2.10. The van der Waals surface area contributed by atoms with E-state index in [1.165, 1.54) is 0 Å². The lowest BCUT2D eigenvalue weighted by atomic mass is 10.2. The Kier molecular flexibility index (Phi) is 6.48. The highest BCUT2D eigenvalue weighted by atomic mass is 35.5. The van der Waals surface area contributed by atoms with Crippen LogP contribution in [-0.4, -0.2) is 24.5 Å². The van der Waals surface area contributed by atoms with Gasteiger partial charge in [0.15, 0.2) is 0 Å². The van der Waals surface area contributed by atoms with Crippen molar-refractivity contribution in [2.24, 2.45) is 5.73 Å². The third-order valence-corrected chi connectivity index (χ3v) is 2.99. The second kappa shape index (κ2) is 7.64. The average Bonchev–Trinajstić information content (AvgIpc) is 2.32. The Morgan fingerprint density at radius 2 is 2.12 bits per heavy atom. The molecule has 0 aromatic heterocycles. The van der Waals surface area contributed by atoms with Gasteiger partial charge >= 0.3 is 0 Å². The van der Waals surface area contributed by atoms with E-state index in [4.69, 9.17) is 17.3 Å². The smallest absolute Gasteiger partial charge is 0.146 e. The molecule has 17 heavy (non-hydrogen) atoms. The molecule has 0 radical (unpaired) electrons. The molecule has 0 aliphatic rings. The predicted molar refractivity (Wildman–Crippen MR) is 70.6 cm³/mol. The van der Waals surface area contributed by atoms with Gasteiger partial charge in [0.05, 0.1) is 5.02 Å². The fraction of sp³-hybridized carbons (Fsp3) is 0.538. The van der Waals surface area contributed by atoms with Gasteiger partial charge < -0.3 is 5.73 Å². The van der Waals surface area contributed by atoms with Gasteiger partial charge in [0.1, 0.15) is 5.82 Å². The van der Waals surface area contributed by atoms with Crippen LogP contribution in [0.1, 0.15) is 25.3 Å². The van der Waals surface area contributed by atoms with Crippen LogP contribution in [0.2, 0.25) is 5.02 Å². The molecule has 1 aromatic carbocycles. The van der Waals surface area contributed by atoms with Crippen molar-refractivity contribution in [2.45, 2.75) is 26.3 Å². The molecule has 1 rings (SSSR count). The van der Waals surface area contributed by atoms with Crippen LogP contribution in [0.5, 0.6) is 0 Å². The first kappa shape index (κ1) is 14.4. The van der Waals surface area contributed by atoms with Crippen molar-refractivity contribution >= 4 is 11.6 Å². The van der Waals surface area contributed by atoms with Crippen LogP contribution in [0, 0.1) is 5.82 Å². The molecule has 0 spiro atoms. The van der Waals surface area contributed by atoms with Gasteiger partial charge in [-0.25, -0.2) is 4.39 Å². The minimum atomic E-state index is -0.312. The number of nitrogens with zero attached hydrogens (tertiary/aromatic N) is 1. The first-order valence-corrected chi connectivity index (χ1v) is 6.42. The summed E-state index contributed by atoms with van der Waals surface area (Å²) in [6, 6.07) is 5.12. The van der Waals surface area contributed by atoms with Crippen molar-refractivity contribution in [3.8, 4) is 0 Å². The first-order chi connectivity index (χ1) is 8.19. The summed E-state index contributed by atoms with van der Waals surface area (Å²) in [6.45, 7) is 5.03. The van der Waals surface area contributed by atoms with Crippen LogP contribution in [0.15, 0.2) is 18.2 Å². The normalized spacial score (nSPS) is 11.1. The van der Waals surface area contributed by atoms with Crippen molar-refractivity contribution in [3.63, 3.8) is 0 Å². The molecule has 0 saturated heterocycles. The van der Waals surface area contributed by atoms with Crippen LogP contribution in [-0.2, 0) is 6.54 Å². The molecule has 0 bridgehead atoms. The van der Waals surface area contributed by atoms with Gasteiger partial charge in [0.25, 0.3) is 0 Å². The molecule has 2 N–H and O–H groups in total. The Hall–Kier alpha value is -0.640. The first-order valence-electron chi connectivity index (χ1n) is 6.04. The average molecular weight is 259 g/mol. The molecule has 1 aromatic rings. The van der Waals surface area contributed by atoms with Gasteiger partial charge in [0.2, 0.25) is 0 Å². The lowest BCUT2D eigenvalue weighted by Gasteiger charge is -2.21. The van der Waals surface area contributed by atoms with E-state index in [0.29, 0.717) is 18.7 Å². The van der Waals surface area contributed by atoms with E-state index in [-0.39, 0.29) is 10.8 Å². The van der Waals surface area contributed by atoms with E-state index in [2.05, 4.69) is 11.8 Å². The highest BCUT2D eigenvalue weighted by Crippen LogP contribution is 2.19. The molecule has 4 heteroatoms. The summed E-state index contributed by atoms with van der Waals surface area (Å²) >= 11 is 5.76. The van der Waals surface area contributed by atoms with E-state index in [9.17, 15) is 4.39 Å². The van der Waals surface area contributed by atoms with Gasteiger partial charge in [-0.1, -0.05) is 37.1 Å². The molecule has 0 amide bonds. The molecular formula is C13H20ClFN2. The Morgan fingerprint density at radius 3 is 2.76 bits per heavy atom. The van der Waals surface area contributed by atoms with Crippen LogP contribution in [0.25, 0.3) is 0 Å². The van der Waals surface area contributed by atoms with Gasteiger partial charge in [-0.2, -0.15) is 0 Å². The van der Waals surface area contributed by atoms with Crippen molar-refractivity contribution in [2.75, 3.05) is 19.6 Å². The monoisotopic (exact) mass is 258 g/mol. The van der Waals surface area contributed by atoms with Crippen LogP contribution >= 0.6 is 11.6 Å². The summed E-state index contributed by atoms with van der Waals surface area (Å²) in [5.41, 5.74) is 6.20. The zero-order valence-corrected chi connectivity index (χ0v) is 11.0. The van der Waals surface area contributed by atoms with Crippen molar-refractivity contribution in [1.82, 2.24) is 4.90 Å². The lowest BCUT2D eigenvalue weighted by molar-refractivity contribution is 0.265. The summed E-state index contributed by atoms with van der Waals surface area (Å²) in [4.78, 5) is 2.16. The van der Waals surface area contributed by atoms with Crippen LogP contribution in [0.4, 0.5) is 4.39 Å². The van der Waals surface area contributed by atoms with Crippen molar-refractivity contribution < 1.29 is 4.39 Å². The SMILES string of the molecule is CCCCN(CCN)Cc1cccc(Cl)c1F. The maximum atomic E-state index is 13.7. The Balaban J connectivity index is 2.67. The zero-order chi connectivity index (χ0) is 12.7. The van der Waals surface area contributed by atoms with E-state index >= 15 is 0 Å². The highest BCUT2D eigenvalue weighted by molar-refractivity contribution is 6.30. The minimum Gasteiger partial charge on any atom is -0.329 e. The largest absolute Gasteiger partial charge is 0.329 e. The van der Waals surface area contributed by atoms with Crippen LogP contribution < -0.4 is 5.73 Å². The molecule has 0 heterocycles. The number of benzene rings is 1. The second-order valence-electron chi connectivity index (χ2n) is 4.13. The molecule has 2 nitrogen and oxygen atoms in total. The third kappa shape index (κ3) is 4.62. The van der Waals surface area contributed by atoms with Gasteiger partial charge in [-0.3, -0.25) is 4.90 Å². The lowest BCUT2D eigenvalue weighted by Crippen LogP contribution is -2.30. The summed E-state index contributed by atoms with van der Waals surface area (Å²) < 4.78 is 13.7. The summed E-state index contributed by atoms with van der Waals surface area (Å²) in [5, 5.41) is 0.186. The van der Waals surface area contributed by atoms with E-state index in [1.54, 1.807) is 18.2 Å². The van der Waals surface area contributed by atoms with Crippen LogP contribution in [0.3, 0.4) is 0 Å². The molecule has 0 unspecified atom stereocenters. The van der Waals surface area contributed by atoms with E-state index < -0.39 is 0 Å². The quantitative estimate of drug-likeness (QED) is 0.815. The minimum absolute atomic E-state index is 0.186. The van der Waals surface area contributed by atoms with Crippen molar-refractivity contribution in [3.05, 3.63) is 34.6 Å². The van der Waals surface area contributed by atoms with Gasteiger partial charge in [-0.15, -0.1) is 0 Å². The van der Waals surface area contributed by atoms with Gasteiger partial charge in [-0.05, 0) is 19.0 Å². The number of hydrogen-bond donors (Lipinski definition) is 1. The maximum absolute atomic E-state index is 13.7. The maximum Gasteiger partial charge on any atom is 0.146 e. The summed E-state index contributed by atoms with van der Waals surface area (Å²) in [6.07, 6.45) is 2.22. The Morgan fingerprint density at radius 1 is 1.35 bits per heavy atom. The fourth-order valence-electron chi connectivity index (χ4n) is 1.75. The summed E-state index contributed by atoms with van der Waals surface area (Å²) in [7, 11) is 0. The molecule has 0 aliphatic heterocycles. The predicted octanol–water partition coefficient (Wildman–Crippen LogP) is 3.04. The number of unbranched alkanes of at least 4 members (excludes halogenated alkanes) is 1. The fourth-order valence-corrected chi connectivity index (χ4v) is 1.94. The van der Waals surface area contributed by atoms with Gasteiger partial charge in [0, 0.05) is 25.2 Å². The number of halogens is 2. The molecule has 0 fully saturated rings. The molecule has 0 saturated carbocycles. The number of rotatable bonds is 7. The number of hydrogen-bond acceptors (Lipinski definition) is 2.